The molecule has 1 atom stereocenters. The molecule has 0 bridgehead atoms. The zero-order valence-electron chi connectivity index (χ0n) is 16.3. The van der Waals surface area contributed by atoms with Gasteiger partial charge in [-0.3, -0.25) is 14.4 Å². The number of carbonyl (C=O) groups is 3. The first kappa shape index (κ1) is 19.6. The van der Waals surface area contributed by atoms with Crippen molar-refractivity contribution >= 4 is 29.2 Å². The molecule has 0 aliphatic carbocycles. The Morgan fingerprint density at radius 2 is 1.79 bits per heavy atom. The molecule has 1 fully saturated rings. The molecule has 1 saturated heterocycles. The van der Waals surface area contributed by atoms with Gasteiger partial charge in [0.1, 0.15) is 0 Å². The van der Waals surface area contributed by atoms with E-state index in [9.17, 15) is 14.4 Å². The highest BCUT2D eigenvalue weighted by molar-refractivity contribution is 6.04. The van der Waals surface area contributed by atoms with Crippen LogP contribution in [0.5, 0.6) is 0 Å². The van der Waals surface area contributed by atoms with Gasteiger partial charge in [-0.15, -0.1) is 0 Å². The van der Waals surface area contributed by atoms with Crippen molar-refractivity contribution in [3.8, 4) is 0 Å². The summed E-state index contributed by atoms with van der Waals surface area (Å²) in [6.45, 7) is 6.27. The predicted octanol–water partition coefficient (Wildman–Crippen LogP) is 3.23. The van der Waals surface area contributed by atoms with Crippen LogP contribution < -0.4 is 10.2 Å². The number of amides is 2. The lowest BCUT2D eigenvalue weighted by Crippen LogP contribution is -2.29. The van der Waals surface area contributed by atoms with Gasteiger partial charge in [-0.05, 0) is 43.5 Å². The number of aryl methyl sites for hydroxylation is 3. The number of rotatable bonds is 5. The van der Waals surface area contributed by atoms with Crippen molar-refractivity contribution in [2.24, 2.45) is 5.92 Å². The number of carbonyl (C=O) groups excluding carboxylic acids is 2. The van der Waals surface area contributed by atoms with E-state index in [1.54, 1.807) is 29.2 Å². The van der Waals surface area contributed by atoms with E-state index >= 15 is 0 Å². The molecule has 28 heavy (non-hydrogen) atoms. The number of carboxylic acid groups (broad SMARTS) is 1. The molecule has 146 valence electrons. The van der Waals surface area contributed by atoms with E-state index < -0.39 is 11.9 Å². The summed E-state index contributed by atoms with van der Waals surface area (Å²) < 4.78 is 0. The Bertz CT molecular complexity index is 928. The fraction of sp³-hybridized carbons (Fsp3) is 0.318. The van der Waals surface area contributed by atoms with Crippen molar-refractivity contribution in [1.29, 1.82) is 0 Å². The van der Waals surface area contributed by atoms with Crippen molar-refractivity contribution in [2.45, 2.75) is 33.6 Å². The van der Waals surface area contributed by atoms with Crippen LogP contribution in [0.25, 0.3) is 0 Å². The van der Waals surface area contributed by atoms with Crippen molar-refractivity contribution in [3.05, 3.63) is 58.7 Å². The summed E-state index contributed by atoms with van der Waals surface area (Å²) in [6, 6.07) is 10.9. The van der Waals surface area contributed by atoms with E-state index in [0.29, 0.717) is 17.8 Å². The maximum Gasteiger partial charge on any atom is 0.307 e. The molecule has 2 N–H and O–H groups in total. The molecule has 6 heteroatoms. The predicted molar refractivity (Wildman–Crippen MR) is 108 cm³/mol. The molecule has 0 aromatic heterocycles. The average Bonchev–Trinajstić information content (AvgIpc) is 2.97. The number of para-hydroxylation sites is 1. The fourth-order valence-electron chi connectivity index (χ4n) is 3.89. The van der Waals surface area contributed by atoms with Gasteiger partial charge in [0.15, 0.2) is 0 Å². The van der Waals surface area contributed by atoms with E-state index in [1.165, 1.54) is 0 Å². The minimum atomic E-state index is -0.964. The lowest BCUT2D eigenvalue weighted by Gasteiger charge is -2.22. The van der Waals surface area contributed by atoms with Crippen LogP contribution in [0.2, 0.25) is 0 Å². The lowest BCUT2D eigenvalue weighted by molar-refractivity contribution is -0.136. The molecule has 6 nitrogen and oxygen atoms in total. The largest absolute Gasteiger partial charge is 0.481 e. The maximum absolute atomic E-state index is 12.8. The summed E-state index contributed by atoms with van der Waals surface area (Å²) in [5.41, 5.74) is 5.04. The minimum absolute atomic E-state index is 0.0750. The van der Waals surface area contributed by atoms with Gasteiger partial charge < -0.3 is 15.3 Å². The van der Waals surface area contributed by atoms with Crippen molar-refractivity contribution in [2.75, 3.05) is 16.8 Å². The second-order valence-corrected chi connectivity index (χ2v) is 7.37. The Kier molecular flexibility index (Phi) is 5.49. The van der Waals surface area contributed by atoms with E-state index in [2.05, 4.69) is 5.32 Å². The van der Waals surface area contributed by atoms with Gasteiger partial charge in [-0.25, -0.2) is 0 Å². The smallest absolute Gasteiger partial charge is 0.307 e. The highest BCUT2D eigenvalue weighted by atomic mass is 16.4. The Balaban J connectivity index is 1.78. The lowest BCUT2D eigenvalue weighted by atomic mass is 10.0. The molecule has 2 aromatic rings. The highest BCUT2D eigenvalue weighted by Crippen LogP contribution is 2.32. The fourth-order valence-corrected chi connectivity index (χ4v) is 3.89. The molecule has 3 rings (SSSR count). The first-order valence-electron chi connectivity index (χ1n) is 9.25. The SMILES string of the molecule is Cc1cc(C)c(N2CC(C(=O)Nc3ccccc3CC(=O)O)CC2=O)c(C)c1. The zero-order chi connectivity index (χ0) is 20.4. The number of nitrogens with one attached hydrogen (secondary N) is 1. The first-order valence-corrected chi connectivity index (χ1v) is 9.25. The van der Waals surface area contributed by atoms with Gasteiger partial charge in [0.05, 0.1) is 12.3 Å². The van der Waals surface area contributed by atoms with Gasteiger partial charge in [0.2, 0.25) is 11.8 Å². The summed E-state index contributed by atoms with van der Waals surface area (Å²) in [4.78, 5) is 38.1. The van der Waals surface area contributed by atoms with Crippen LogP contribution in [0.4, 0.5) is 11.4 Å². The number of hydrogen-bond acceptors (Lipinski definition) is 3. The number of benzene rings is 2. The molecular formula is C22H24N2O4. The second kappa shape index (κ2) is 7.84. The van der Waals surface area contributed by atoms with Crippen molar-refractivity contribution in [3.63, 3.8) is 0 Å². The van der Waals surface area contributed by atoms with Gasteiger partial charge in [0, 0.05) is 24.3 Å². The van der Waals surface area contributed by atoms with Crippen molar-refractivity contribution < 1.29 is 19.5 Å². The van der Waals surface area contributed by atoms with Crippen molar-refractivity contribution in [1.82, 2.24) is 0 Å². The monoisotopic (exact) mass is 380 g/mol. The van der Waals surface area contributed by atoms with Crippen LogP contribution in [0.1, 0.15) is 28.7 Å². The number of anilines is 2. The topological polar surface area (TPSA) is 86.7 Å². The Morgan fingerprint density at radius 1 is 1.14 bits per heavy atom. The normalized spacial score (nSPS) is 16.3. The summed E-state index contributed by atoms with van der Waals surface area (Å²) in [5.74, 6) is -1.79. The third-order valence-electron chi connectivity index (χ3n) is 5.02. The van der Waals surface area contributed by atoms with Gasteiger partial charge in [0.25, 0.3) is 0 Å². The van der Waals surface area contributed by atoms with Crippen LogP contribution in [-0.4, -0.2) is 29.4 Å². The third-order valence-corrected chi connectivity index (χ3v) is 5.02. The molecule has 1 aliphatic heterocycles. The maximum atomic E-state index is 12.8. The highest BCUT2D eigenvalue weighted by Gasteiger charge is 2.36. The van der Waals surface area contributed by atoms with E-state index in [-0.39, 0.29) is 24.7 Å². The molecular weight excluding hydrogens is 356 g/mol. The van der Waals surface area contributed by atoms with Crippen LogP contribution in [-0.2, 0) is 20.8 Å². The second-order valence-electron chi connectivity index (χ2n) is 7.37. The van der Waals surface area contributed by atoms with E-state index in [4.69, 9.17) is 5.11 Å². The Labute approximate surface area is 164 Å². The molecule has 1 heterocycles. The van der Waals surface area contributed by atoms with E-state index in [0.717, 1.165) is 22.4 Å². The quantitative estimate of drug-likeness (QED) is 0.834. The zero-order valence-corrected chi connectivity index (χ0v) is 16.3. The molecule has 2 amide bonds. The molecule has 0 saturated carbocycles. The number of nitrogens with zero attached hydrogens (tertiary/aromatic N) is 1. The summed E-state index contributed by atoms with van der Waals surface area (Å²) in [7, 11) is 0. The third kappa shape index (κ3) is 4.06. The first-order chi connectivity index (χ1) is 13.3. The standard InChI is InChI=1S/C22H24N2O4/c1-13-8-14(2)21(15(3)9-13)24-12-17(10-19(24)25)22(28)23-18-7-5-4-6-16(18)11-20(26)27/h4-9,17H,10-12H2,1-3H3,(H,23,28)(H,26,27). The number of aliphatic carboxylic acids is 1. The average molecular weight is 380 g/mol. The molecule has 0 radical (unpaired) electrons. The minimum Gasteiger partial charge on any atom is -0.481 e. The van der Waals surface area contributed by atoms with Gasteiger partial charge in [-0.1, -0.05) is 35.9 Å². The summed E-state index contributed by atoms with van der Waals surface area (Å²) in [6.07, 6.45) is -0.0341. The van der Waals surface area contributed by atoms with Crippen LogP contribution in [0.15, 0.2) is 36.4 Å². The Hall–Kier alpha value is -3.15. The van der Waals surface area contributed by atoms with Crippen LogP contribution >= 0.6 is 0 Å². The Morgan fingerprint density at radius 3 is 2.43 bits per heavy atom. The van der Waals surface area contributed by atoms with Gasteiger partial charge >= 0.3 is 5.97 Å². The number of hydrogen-bond donors (Lipinski definition) is 2. The van der Waals surface area contributed by atoms with Crippen LogP contribution in [0, 0.1) is 26.7 Å². The summed E-state index contributed by atoms with van der Waals surface area (Å²) in [5, 5.41) is 11.8. The number of carboxylic acids is 1. The molecule has 0 spiro atoms. The van der Waals surface area contributed by atoms with E-state index in [1.807, 2.05) is 32.9 Å². The molecule has 1 aliphatic rings. The van der Waals surface area contributed by atoms with Gasteiger partial charge in [-0.2, -0.15) is 0 Å². The van der Waals surface area contributed by atoms with Crippen LogP contribution in [0.3, 0.4) is 0 Å². The summed E-state index contributed by atoms with van der Waals surface area (Å²) >= 11 is 0. The molecule has 1 unspecified atom stereocenters. The molecule has 2 aromatic carbocycles.